The Hall–Kier alpha value is -3.50. The standard InChI is InChI=1S/C26H20N2OS/c1-17-8-9-21(14-18(17)2)23-15-30-26-24(23)25(27-16-28-26)29-22-12-10-20(11-13-22)19-6-4-3-5-7-19/h3-16H,1-2H3. The predicted molar refractivity (Wildman–Crippen MR) is 124 cm³/mol. The van der Waals surface area contributed by atoms with Crippen molar-refractivity contribution in [1.29, 1.82) is 0 Å². The maximum Gasteiger partial charge on any atom is 0.231 e. The highest BCUT2D eigenvalue weighted by Crippen LogP contribution is 2.39. The molecule has 2 heterocycles. The Balaban J connectivity index is 1.52. The van der Waals surface area contributed by atoms with Gasteiger partial charge < -0.3 is 4.74 Å². The van der Waals surface area contributed by atoms with Crippen LogP contribution in [0.4, 0.5) is 0 Å². The molecule has 0 fully saturated rings. The van der Waals surface area contributed by atoms with Crippen molar-refractivity contribution in [2.45, 2.75) is 13.8 Å². The van der Waals surface area contributed by atoms with Crippen LogP contribution in [0.5, 0.6) is 11.6 Å². The summed E-state index contributed by atoms with van der Waals surface area (Å²) in [5, 5.41) is 3.09. The van der Waals surface area contributed by atoms with Gasteiger partial charge in [-0.05, 0) is 53.8 Å². The van der Waals surface area contributed by atoms with Crippen molar-refractivity contribution in [3.8, 4) is 33.9 Å². The van der Waals surface area contributed by atoms with Crippen LogP contribution >= 0.6 is 11.3 Å². The maximum atomic E-state index is 6.21. The minimum atomic E-state index is 0.585. The number of rotatable bonds is 4. The summed E-state index contributed by atoms with van der Waals surface area (Å²) in [4.78, 5) is 9.83. The van der Waals surface area contributed by atoms with Crippen molar-refractivity contribution in [3.63, 3.8) is 0 Å². The number of nitrogens with zero attached hydrogens (tertiary/aromatic N) is 2. The molecule has 146 valence electrons. The molecule has 0 saturated carbocycles. The second-order valence-corrected chi connectivity index (χ2v) is 8.16. The van der Waals surface area contributed by atoms with E-state index in [0.717, 1.165) is 32.7 Å². The number of hydrogen-bond donors (Lipinski definition) is 0. The first-order valence-electron chi connectivity index (χ1n) is 9.82. The molecule has 2 aromatic heterocycles. The van der Waals surface area contributed by atoms with Gasteiger partial charge in [0.2, 0.25) is 5.88 Å². The zero-order valence-corrected chi connectivity index (χ0v) is 17.6. The highest BCUT2D eigenvalue weighted by atomic mass is 32.1. The molecule has 0 amide bonds. The Morgan fingerprint density at radius 2 is 1.47 bits per heavy atom. The average molecular weight is 409 g/mol. The fourth-order valence-electron chi connectivity index (χ4n) is 3.50. The lowest BCUT2D eigenvalue weighted by atomic mass is 10.0. The van der Waals surface area contributed by atoms with Crippen LogP contribution in [0.15, 0.2) is 84.5 Å². The largest absolute Gasteiger partial charge is 0.438 e. The molecule has 0 aliphatic rings. The van der Waals surface area contributed by atoms with Gasteiger partial charge >= 0.3 is 0 Å². The van der Waals surface area contributed by atoms with Crippen molar-refractivity contribution < 1.29 is 4.74 Å². The van der Waals surface area contributed by atoms with Crippen molar-refractivity contribution >= 4 is 21.6 Å². The van der Waals surface area contributed by atoms with Gasteiger partial charge in [0, 0.05) is 10.9 Å². The van der Waals surface area contributed by atoms with Crippen molar-refractivity contribution in [1.82, 2.24) is 9.97 Å². The predicted octanol–water partition coefficient (Wildman–Crippen LogP) is 7.43. The molecule has 4 heteroatoms. The summed E-state index contributed by atoms with van der Waals surface area (Å²) in [5.41, 5.74) is 7.15. The number of aryl methyl sites for hydroxylation is 2. The van der Waals surface area contributed by atoms with Crippen LogP contribution in [0.1, 0.15) is 11.1 Å². The molecule has 5 aromatic rings. The SMILES string of the molecule is Cc1ccc(-c2csc3ncnc(Oc4ccc(-c5ccccc5)cc4)c23)cc1C. The number of thiophene rings is 1. The highest BCUT2D eigenvalue weighted by molar-refractivity contribution is 7.17. The molecule has 3 nitrogen and oxygen atoms in total. The molecular weight excluding hydrogens is 388 g/mol. The number of ether oxygens (including phenoxy) is 1. The maximum absolute atomic E-state index is 6.21. The van der Waals surface area contributed by atoms with Gasteiger partial charge in [0.05, 0.1) is 5.39 Å². The lowest BCUT2D eigenvalue weighted by Gasteiger charge is -2.09. The van der Waals surface area contributed by atoms with E-state index in [1.54, 1.807) is 17.7 Å². The minimum Gasteiger partial charge on any atom is -0.438 e. The number of fused-ring (bicyclic) bond motifs is 1. The van der Waals surface area contributed by atoms with E-state index in [1.165, 1.54) is 16.7 Å². The zero-order valence-electron chi connectivity index (χ0n) is 16.8. The van der Waals surface area contributed by atoms with E-state index in [9.17, 15) is 0 Å². The van der Waals surface area contributed by atoms with Gasteiger partial charge in [0.15, 0.2) is 0 Å². The molecule has 0 radical (unpaired) electrons. The molecule has 0 N–H and O–H groups in total. The zero-order chi connectivity index (χ0) is 20.5. The monoisotopic (exact) mass is 408 g/mol. The van der Waals surface area contributed by atoms with Crippen LogP contribution in [0, 0.1) is 13.8 Å². The molecule has 0 aliphatic heterocycles. The van der Waals surface area contributed by atoms with Gasteiger partial charge in [0.1, 0.15) is 16.9 Å². The second-order valence-electron chi connectivity index (χ2n) is 7.30. The Morgan fingerprint density at radius 1 is 0.733 bits per heavy atom. The average Bonchev–Trinajstić information content (AvgIpc) is 3.22. The highest BCUT2D eigenvalue weighted by Gasteiger charge is 2.15. The fourth-order valence-corrected chi connectivity index (χ4v) is 4.41. The first-order chi connectivity index (χ1) is 14.7. The van der Waals surface area contributed by atoms with Crippen LogP contribution < -0.4 is 4.74 Å². The molecule has 0 atom stereocenters. The molecular formula is C26H20N2OS. The first-order valence-corrected chi connectivity index (χ1v) is 10.7. The molecule has 0 aliphatic carbocycles. The molecule has 0 spiro atoms. The quantitative estimate of drug-likeness (QED) is 0.310. The summed E-state index contributed by atoms with van der Waals surface area (Å²) in [7, 11) is 0. The third-order valence-corrected chi connectivity index (χ3v) is 6.22. The van der Waals surface area contributed by atoms with Crippen LogP contribution in [0.25, 0.3) is 32.5 Å². The molecule has 0 unspecified atom stereocenters. The third-order valence-electron chi connectivity index (χ3n) is 5.33. The van der Waals surface area contributed by atoms with Gasteiger partial charge in [-0.15, -0.1) is 11.3 Å². The van der Waals surface area contributed by atoms with Crippen LogP contribution in [0.3, 0.4) is 0 Å². The van der Waals surface area contributed by atoms with Crippen LogP contribution in [-0.4, -0.2) is 9.97 Å². The number of aromatic nitrogens is 2. The third kappa shape index (κ3) is 3.46. The van der Waals surface area contributed by atoms with Crippen molar-refractivity contribution in [2.75, 3.05) is 0 Å². The minimum absolute atomic E-state index is 0.585. The Kier molecular flexibility index (Phi) is 4.77. The molecule has 3 aromatic carbocycles. The van der Waals surface area contributed by atoms with Gasteiger partial charge in [-0.1, -0.05) is 60.7 Å². The smallest absolute Gasteiger partial charge is 0.231 e. The molecule has 5 rings (SSSR count). The van der Waals surface area contributed by atoms with E-state index in [4.69, 9.17) is 4.74 Å². The fraction of sp³-hybridized carbons (Fsp3) is 0.0769. The molecule has 0 bridgehead atoms. The molecule has 30 heavy (non-hydrogen) atoms. The Labute approximate surface area is 179 Å². The first kappa shape index (κ1) is 18.5. The topological polar surface area (TPSA) is 35.0 Å². The Morgan fingerprint density at radius 3 is 2.23 bits per heavy atom. The van der Waals surface area contributed by atoms with E-state index in [2.05, 4.69) is 71.7 Å². The van der Waals surface area contributed by atoms with E-state index >= 15 is 0 Å². The summed E-state index contributed by atoms with van der Waals surface area (Å²) < 4.78 is 6.21. The van der Waals surface area contributed by atoms with Gasteiger partial charge in [-0.2, -0.15) is 0 Å². The lowest BCUT2D eigenvalue weighted by molar-refractivity contribution is 0.468. The van der Waals surface area contributed by atoms with Crippen molar-refractivity contribution in [3.05, 3.63) is 95.6 Å². The van der Waals surface area contributed by atoms with Gasteiger partial charge in [-0.25, -0.2) is 9.97 Å². The summed E-state index contributed by atoms with van der Waals surface area (Å²) in [6, 6.07) is 24.9. The number of benzene rings is 3. The lowest BCUT2D eigenvalue weighted by Crippen LogP contribution is -1.91. The second kappa shape index (κ2) is 7.73. The van der Waals surface area contributed by atoms with Crippen LogP contribution in [-0.2, 0) is 0 Å². The van der Waals surface area contributed by atoms with E-state index in [1.807, 2.05) is 30.3 Å². The van der Waals surface area contributed by atoms with Crippen LogP contribution in [0.2, 0.25) is 0 Å². The van der Waals surface area contributed by atoms with E-state index < -0.39 is 0 Å². The Bertz CT molecular complexity index is 1320. The number of hydrogen-bond acceptors (Lipinski definition) is 4. The van der Waals surface area contributed by atoms with E-state index in [-0.39, 0.29) is 0 Å². The summed E-state index contributed by atoms with van der Waals surface area (Å²) in [6.45, 7) is 4.26. The van der Waals surface area contributed by atoms with Gasteiger partial charge in [0.25, 0.3) is 0 Å². The summed E-state index contributed by atoms with van der Waals surface area (Å²) >= 11 is 1.61. The molecule has 0 saturated heterocycles. The normalized spacial score (nSPS) is 11.0. The van der Waals surface area contributed by atoms with Gasteiger partial charge in [-0.3, -0.25) is 0 Å². The summed E-state index contributed by atoms with van der Waals surface area (Å²) in [6.07, 6.45) is 1.57. The van der Waals surface area contributed by atoms with E-state index in [0.29, 0.717) is 5.88 Å². The summed E-state index contributed by atoms with van der Waals surface area (Å²) in [5.74, 6) is 1.34. The van der Waals surface area contributed by atoms with Crippen molar-refractivity contribution in [2.24, 2.45) is 0 Å².